The van der Waals surface area contributed by atoms with Crippen molar-refractivity contribution in [1.82, 2.24) is 24.9 Å². The van der Waals surface area contributed by atoms with Gasteiger partial charge in [-0.25, -0.2) is 4.79 Å². The molecule has 37 heavy (non-hydrogen) atoms. The van der Waals surface area contributed by atoms with Gasteiger partial charge in [0.05, 0.1) is 43.2 Å². The average molecular weight is 525 g/mol. The molecule has 0 aliphatic carbocycles. The van der Waals surface area contributed by atoms with E-state index in [1.807, 2.05) is 13.8 Å². The maximum Gasteiger partial charge on any atom is 0.416 e. The number of benzene rings is 1. The van der Waals surface area contributed by atoms with Crippen molar-refractivity contribution in [2.75, 3.05) is 57.9 Å². The number of aliphatic hydroxyl groups excluding tert-OH is 1. The molecular formula is C24H31F3N6O4. The van der Waals surface area contributed by atoms with Gasteiger partial charge < -0.3 is 25.0 Å². The number of urea groups is 1. The van der Waals surface area contributed by atoms with Crippen molar-refractivity contribution >= 4 is 17.8 Å². The number of hydrogen-bond donors (Lipinski definition) is 3. The number of fused-ring (bicyclic) bond motifs is 1. The number of alkyl halides is 3. The molecular weight excluding hydrogens is 493 g/mol. The largest absolute Gasteiger partial charge is 0.416 e. The lowest BCUT2D eigenvalue weighted by atomic mass is 10.0. The lowest BCUT2D eigenvalue weighted by Crippen LogP contribution is -2.55. The van der Waals surface area contributed by atoms with Crippen LogP contribution in [-0.2, 0) is 23.0 Å². The summed E-state index contributed by atoms with van der Waals surface area (Å²) < 4.78 is 43.8. The minimum atomic E-state index is -4.49. The molecule has 202 valence electrons. The van der Waals surface area contributed by atoms with Gasteiger partial charge in [0.25, 0.3) is 5.91 Å². The highest BCUT2D eigenvalue weighted by molar-refractivity contribution is 6.04. The third-order valence-electron chi connectivity index (χ3n) is 6.84. The molecule has 13 heteroatoms. The molecule has 0 bridgehead atoms. The summed E-state index contributed by atoms with van der Waals surface area (Å²) in [5, 5.41) is 18.6. The number of carbonyl (C=O) groups is 2. The highest BCUT2D eigenvalue weighted by Crippen LogP contribution is 2.41. The first kappa shape index (κ1) is 26.9. The highest BCUT2D eigenvalue weighted by Gasteiger charge is 2.45. The first-order valence-corrected chi connectivity index (χ1v) is 12.1. The number of aromatic amines is 1. The van der Waals surface area contributed by atoms with Crippen molar-refractivity contribution in [3.05, 3.63) is 46.6 Å². The van der Waals surface area contributed by atoms with Crippen LogP contribution in [0.4, 0.5) is 23.8 Å². The van der Waals surface area contributed by atoms with Gasteiger partial charge in [0.1, 0.15) is 0 Å². The second-order valence-corrected chi connectivity index (χ2v) is 9.55. The quantitative estimate of drug-likeness (QED) is 0.480. The molecule has 0 radical (unpaired) electrons. The molecule has 1 fully saturated rings. The number of rotatable bonds is 7. The van der Waals surface area contributed by atoms with E-state index in [0.717, 1.165) is 30.8 Å². The number of halogens is 3. The Morgan fingerprint density at radius 1 is 1.14 bits per heavy atom. The number of amides is 3. The van der Waals surface area contributed by atoms with Gasteiger partial charge in [-0.15, -0.1) is 0 Å². The van der Waals surface area contributed by atoms with Crippen LogP contribution >= 0.6 is 0 Å². The second kappa shape index (κ2) is 10.7. The zero-order valence-electron chi connectivity index (χ0n) is 20.8. The number of anilines is 1. The van der Waals surface area contributed by atoms with Gasteiger partial charge in [0, 0.05) is 43.9 Å². The molecule has 4 rings (SSSR count). The number of carbonyl (C=O) groups excluding carboxylic acids is 2. The summed E-state index contributed by atoms with van der Waals surface area (Å²) >= 11 is 0. The fraction of sp³-hybridized carbons (Fsp3) is 0.542. The van der Waals surface area contributed by atoms with Crippen LogP contribution in [0.3, 0.4) is 0 Å². The highest BCUT2D eigenvalue weighted by atomic mass is 19.4. The van der Waals surface area contributed by atoms with E-state index in [9.17, 15) is 22.8 Å². The van der Waals surface area contributed by atoms with E-state index >= 15 is 0 Å². The molecule has 1 aromatic carbocycles. The fourth-order valence-electron chi connectivity index (χ4n) is 4.61. The Bertz CT molecular complexity index is 1110. The van der Waals surface area contributed by atoms with Gasteiger partial charge in [-0.05, 0) is 38.1 Å². The number of H-pyrrole nitrogens is 1. The Hall–Kier alpha value is -3.16. The standard InChI is InChI=1S/C24H31F3N6O4/c1-23(2)19-18(15-33(23)22(36)32-9-7-31(8-10-32)11-13-37-14-12-34)20(30-29-19)28-21(35)16-3-5-17(6-4-16)24(25,26)27/h3-6,34H,7-15H2,1-2H3,(H2,28,29,30,35). The van der Waals surface area contributed by atoms with Crippen LogP contribution in [0.5, 0.6) is 0 Å². The van der Waals surface area contributed by atoms with E-state index in [0.29, 0.717) is 50.7 Å². The summed E-state index contributed by atoms with van der Waals surface area (Å²) in [5.41, 5.74) is -0.112. The van der Waals surface area contributed by atoms with Gasteiger partial charge in [-0.2, -0.15) is 18.3 Å². The lowest BCUT2D eigenvalue weighted by molar-refractivity contribution is -0.137. The number of nitrogens with one attached hydrogen (secondary N) is 2. The summed E-state index contributed by atoms with van der Waals surface area (Å²) in [6.07, 6.45) is -4.49. The maximum absolute atomic E-state index is 13.4. The summed E-state index contributed by atoms with van der Waals surface area (Å²) in [7, 11) is 0. The van der Waals surface area contributed by atoms with Crippen LogP contribution in [0.25, 0.3) is 0 Å². The van der Waals surface area contributed by atoms with Gasteiger partial charge in [-0.3, -0.25) is 14.8 Å². The third kappa shape index (κ3) is 5.73. The Balaban J connectivity index is 1.38. The maximum atomic E-state index is 13.4. The first-order chi connectivity index (χ1) is 17.5. The van der Waals surface area contributed by atoms with Crippen LogP contribution in [0.15, 0.2) is 24.3 Å². The Morgan fingerprint density at radius 3 is 2.43 bits per heavy atom. The van der Waals surface area contributed by atoms with Gasteiger partial charge >= 0.3 is 12.2 Å². The number of aliphatic hydroxyl groups is 1. The molecule has 0 saturated carbocycles. The number of piperazine rings is 1. The van der Waals surface area contributed by atoms with E-state index < -0.39 is 23.2 Å². The smallest absolute Gasteiger partial charge is 0.394 e. The summed E-state index contributed by atoms with van der Waals surface area (Å²) in [6.45, 7) is 8.13. The Morgan fingerprint density at radius 2 is 1.81 bits per heavy atom. The van der Waals surface area contributed by atoms with Gasteiger partial charge in [0.2, 0.25) is 0 Å². The van der Waals surface area contributed by atoms with Crippen LogP contribution < -0.4 is 5.32 Å². The van der Waals surface area contributed by atoms with Gasteiger partial charge in [0.15, 0.2) is 5.82 Å². The van der Waals surface area contributed by atoms with Crippen LogP contribution in [0.2, 0.25) is 0 Å². The van der Waals surface area contributed by atoms with E-state index in [1.165, 1.54) is 0 Å². The van der Waals surface area contributed by atoms with Crippen molar-refractivity contribution in [2.24, 2.45) is 0 Å². The lowest BCUT2D eigenvalue weighted by Gasteiger charge is -2.40. The number of aromatic nitrogens is 2. The zero-order chi connectivity index (χ0) is 26.8. The monoisotopic (exact) mass is 524 g/mol. The number of ether oxygens (including phenoxy) is 1. The topological polar surface area (TPSA) is 114 Å². The van der Waals surface area contributed by atoms with Crippen molar-refractivity contribution in [1.29, 1.82) is 0 Å². The molecule has 10 nitrogen and oxygen atoms in total. The molecule has 3 heterocycles. The normalized spacial score (nSPS) is 17.7. The van der Waals surface area contributed by atoms with E-state index in [1.54, 1.807) is 9.80 Å². The third-order valence-corrected chi connectivity index (χ3v) is 6.84. The Kier molecular flexibility index (Phi) is 7.76. The summed E-state index contributed by atoms with van der Waals surface area (Å²) in [4.78, 5) is 31.8. The molecule has 0 unspecified atom stereocenters. The first-order valence-electron chi connectivity index (χ1n) is 12.1. The minimum Gasteiger partial charge on any atom is -0.394 e. The molecule has 1 aromatic heterocycles. The summed E-state index contributed by atoms with van der Waals surface area (Å²) in [6, 6.07) is 3.82. The summed E-state index contributed by atoms with van der Waals surface area (Å²) in [5.74, 6) is -0.347. The van der Waals surface area contributed by atoms with Crippen LogP contribution in [-0.4, -0.2) is 94.5 Å². The second-order valence-electron chi connectivity index (χ2n) is 9.55. The Labute approximate surface area is 212 Å². The van der Waals surface area contributed by atoms with Crippen molar-refractivity contribution in [2.45, 2.75) is 32.1 Å². The molecule has 3 amide bonds. The zero-order valence-corrected chi connectivity index (χ0v) is 20.8. The van der Waals surface area contributed by atoms with Crippen LogP contribution in [0, 0.1) is 0 Å². The average Bonchev–Trinajstić information content (AvgIpc) is 3.39. The molecule has 0 spiro atoms. The van der Waals surface area contributed by atoms with Crippen LogP contribution in [0.1, 0.15) is 41.0 Å². The molecule has 0 atom stereocenters. The molecule has 2 aromatic rings. The van der Waals surface area contributed by atoms with Crippen molar-refractivity contribution in [3.8, 4) is 0 Å². The van der Waals surface area contributed by atoms with Crippen molar-refractivity contribution in [3.63, 3.8) is 0 Å². The predicted octanol–water partition coefficient (Wildman–Crippen LogP) is 2.48. The van der Waals surface area contributed by atoms with E-state index in [4.69, 9.17) is 9.84 Å². The molecule has 1 saturated heterocycles. The molecule has 3 N–H and O–H groups in total. The van der Waals surface area contributed by atoms with Gasteiger partial charge in [-0.1, -0.05) is 0 Å². The minimum absolute atomic E-state index is 0.00801. The number of hydrogen-bond acceptors (Lipinski definition) is 6. The molecule has 2 aliphatic heterocycles. The fourth-order valence-corrected chi connectivity index (χ4v) is 4.61. The van der Waals surface area contributed by atoms with E-state index in [-0.39, 0.29) is 30.6 Å². The van der Waals surface area contributed by atoms with Crippen molar-refractivity contribution < 1.29 is 32.6 Å². The molecule has 2 aliphatic rings. The predicted molar refractivity (Wildman–Crippen MR) is 128 cm³/mol. The SMILES string of the molecule is CC1(C)c2[nH]nc(NC(=O)c3ccc(C(F)(F)F)cc3)c2CN1C(=O)N1CCN(CCOCCO)CC1. The number of nitrogens with zero attached hydrogens (tertiary/aromatic N) is 4. The van der Waals surface area contributed by atoms with E-state index in [2.05, 4.69) is 20.4 Å².